The number of rotatable bonds is 4. The topological polar surface area (TPSA) is 24.9 Å². The molecule has 0 saturated heterocycles. The standard InChI is InChI=1S/C14H18N2S/c1-10-6-4-5-7-12(10)13-9-17-14(16-13)11(2)8-15-3/h4-7,9,11,15H,8H2,1-3H3. The number of aryl methyl sites for hydroxylation is 1. The average Bonchev–Trinajstić information content (AvgIpc) is 2.79. The molecule has 0 aliphatic rings. The van der Waals surface area contributed by atoms with E-state index in [9.17, 15) is 0 Å². The van der Waals surface area contributed by atoms with Crippen LogP contribution in [0.15, 0.2) is 29.6 Å². The fraction of sp³-hybridized carbons (Fsp3) is 0.357. The number of likely N-dealkylation sites (N-methyl/N-ethyl adjacent to an activating group) is 1. The zero-order valence-electron chi connectivity index (χ0n) is 10.5. The fourth-order valence-electron chi connectivity index (χ4n) is 1.89. The van der Waals surface area contributed by atoms with Gasteiger partial charge in [-0.15, -0.1) is 11.3 Å². The second-order valence-electron chi connectivity index (χ2n) is 4.34. The van der Waals surface area contributed by atoms with Gasteiger partial charge in [-0.3, -0.25) is 0 Å². The van der Waals surface area contributed by atoms with Gasteiger partial charge in [0.1, 0.15) is 0 Å². The van der Waals surface area contributed by atoms with Gasteiger partial charge in [0.25, 0.3) is 0 Å². The molecule has 0 fully saturated rings. The van der Waals surface area contributed by atoms with Crippen molar-refractivity contribution in [2.45, 2.75) is 19.8 Å². The molecule has 1 heterocycles. The van der Waals surface area contributed by atoms with Gasteiger partial charge in [-0.1, -0.05) is 31.2 Å². The van der Waals surface area contributed by atoms with Gasteiger partial charge in [0.2, 0.25) is 0 Å². The van der Waals surface area contributed by atoms with Gasteiger partial charge >= 0.3 is 0 Å². The number of nitrogens with zero attached hydrogens (tertiary/aromatic N) is 1. The number of benzene rings is 1. The van der Waals surface area contributed by atoms with Crippen LogP contribution in [0.3, 0.4) is 0 Å². The molecule has 0 radical (unpaired) electrons. The van der Waals surface area contributed by atoms with E-state index < -0.39 is 0 Å². The normalized spacial score (nSPS) is 12.6. The number of aromatic nitrogens is 1. The Kier molecular flexibility index (Phi) is 3.92. The summed E-state index contributed by atoms with van der Waals surface area (Å²) in [7, 11) is 1.98. The second-order valence-corrected chi connectivity index (χ2v) is 5.23. The largest absolute Gasteiger partial charge is 0.319 e. The summed E-state index contributed by atoms with van der Waals surface area (Å²) in [5, 5.41) is 6.56. The van der Waals surface area contributed by atoms with Gasteiger partial charge in [-0.25, -0.2) is 4.98 Å². The molecule has 1 N–H and O–H groups in total. The first-order valence-electron chi connectivity index (χ1n) is 5.88. The van der Waals surface area contributed by atoms with Gasteiger partial charge in [0, 0.05) is 23.4 Å². The molecule has 2 rings (SSSR count). The lowest BCUT2D eigenvalue weighted by Crippen LogP contribution is -2.14. The Hall–Kier alpha value is -1.19. The van der Waals surface area contributed by atoms with Crippen molar-refractivity contribution >= 4 is 11.3 Å². The van der Waals surface area contributed by atoms with Crippen LogP contribution in [0.1, 0.15) is 23.4 Å². The molecule has 1 atom stereocenters. The lowest BCUT2D eigenvalue weighted by atomic mass is 10.1. The first-order valence-corrected chi connectivity index (χ1v) is 6.76. The summed E-state index contributed by atoms with van der Waals surface area (Å²) < 4.78 is 0. The molecule has 0 aliphatic heterocycles. The van der Waals surface area contributed by atoms with E-state index >= 15 is 0 Å². The van der Waals surface area contributed by atoms with Crippen molar-refractivity contribution < 1.29 is 0 Å². The molecule has 1 unspecified atom stereocenters. The van der Waals surface area contributed by atoms with Crippen LogP contribution in [-0.4, -0.2) is 18.6 Å². The SMILES string of the molecule is CNCC(C)c1nc(-c2ccccc2C)cs1. The highest BCUT2D eigenvalue weighted by atomic mass is 32.1. The molecule has 2 nitrogen and oxygen atoms in total. The number of thiazole rings is 1. The van der Waals surface area contributed by atoms with E-state index in [0.29, 0.717) is 5.92 Å². The summed E-state index contributed by atoms with van der Waals surface area (Å²) in [6, 6.07) is 8.40. The Morgan fingerprint density at radius 2 is 2.12 bits per heavy atom. The molecule has 1 aromatic heterocycles. The van der Waals surface area contributed by atoms with E-state index in [1.54, 1.807) is 11.3 Å². The quantitative estimate of drug-likeness (QED) is 0.894. The van der Waals surface area contributed by atoms with E-state index in [0.717, 1.165) is 12.2 Å². The smallest absolute Gasteiger partial charge is 0.0973 e. The third-order valence-corrected chi connectivity index (χ3v) is 3.95. The van der Waals surface area contributed by atoms with Crippen molar-refractivity contribution in [2.24, 2.45) is 0 Å². The highest BCUT2D eigenvalue weighted by Gasteiger charge is 2.11. The van der Waals surface area contributed by atoms with Crippen LogP contribution in [-0.2, 0) is 0 Å². The summed E-state index contributed by atoms with van der Waals surface area (Å²) in [4.78, 5) is 4.74. The Morgan fingerprint density at radius 3 is 2.82 bits per heavy atom. The monoisotopic (exact) mass is 246 g/mol. The van der Waals surface area contributed by atoms with Gasteiger partial charge in [0.05, 0.1) is 10.7 Å². The zero-order chi connectivity index (χ0) is 12.3. The molecule has 3 heteroatoms. The fourth-order valence-corrected chi connectivity index (χ4v) is 2.77. The first kappa shape index (κ1) is 12.3. The van der Waals surface area contributed by atoms with Crippen LogP contribution in [0.5, 0.6) is 0 Å². The summed E-state index contributed by atoms with van der Waals surface area (Å²) in [6.07, 6.45) is 0. The van der Waals surface area contributed by atoms with Crippen molar-refractivity contribution in [1.82, 2.24) is 10.3 Å². The Morgan fingerprint density at radius 1 is 1.35 bits per heavy atom. The molecule has 2 aromatic rings. The third kappa shape index (κ3) is 2.73. The highest BCUT2D eigenvalue weighted by molar-refractivity contribution is 7.10. The average molecular weight is 246 g/mol. The minimum absolute atomic E-state index is 0.475. The minimum Gasteiger partial charge on any atom is -0.319 e. The van der Waals surface area contributed by atoms with Crippen LogP contribution in [0.25, 0.3) is 11.3 Å². The molecule has 1 aromatic carbocycles. The van der Waals surface area contributed by atoms with Crippen LogP contribution < -0.4 is 5.32 Å². The summed E-state index contributed by atoms with van der Waals surface area (Å²) >= 11 is 1.75. The van der Waals surface area contributed by atoms with Gasteiger partial charge in [-0.2, -0.15) is 0 Å². The van der Waals surface area contributed by atoms with Crippen molar-refractivity contribution in [1.29, 1.82) is 0 Å². The van der Waals surface area contributed by atoms with Crippen molar-refractivity contribution in [3.8, 4) is 11.3 Å². The third-order valence-electron chi connectivity index (χ3n) is 2.87. The minimum atomic E-state index is 0.475. The highest BCUT2D eigenvalue weighted by Crippen LogP contribution is 2.27. The maximum atomic E-state index is 4.74. The summed E-state index contributed by atoms with van der Waals surface area (Å²) in [6.45, 7) is 5.31. The van der Waals surface area contributed by atoms with Gasteiger partial charge < -0.3 is 5.32 Å². The molecule has 0 spiro atoms. The molecule has 0 saturated carbocycles. The zero-order valence-corrected chi connectivity index (χ0v) is 11.3. The van der Waals surface area contributed by atoms with E-state index in [1.165, 1.54) is 16.1 Å². The predicted molar refractivity (Wildman–Crippen MR) is 74.6 cm³/mol. The van der Waals surface area contributed by atoms with Gasteiger partial charge in [0.15, 0.2) is 0 Å². The molecule has 0 aliphatic carbocycles. The van der Waals surface area contributed by atoms with E-state index in [4.69, 9.17) is 4.98 Å². The van der Waals surface area contributed by atoms with Crippen molar-refractivity contribution in [3.63, 3.8) is 0 Å². The second kappa shape index (κ2) is 5.43. The lowest BCUT2D eigenvalue weighted by Gasteiger charge is -2.06. The van der Waals surface area contributed by atoms with E-state index in [-0.39, 0.29) is 0 Å². The number of hydrogen-bond acceptors (Lipinski definition) is 3. The Balaban J connectivity index is 2.27. The molecule has 0 bridgehead atoms. The summed E-state index contributed by atoms with van der Waals surface area (Å²) in [5.41, 5.74) is 3.63. The molecular weight excluding hydrogens is 228 g/mol. The molecule has 0 amide bonds. The van der Waals surface area contributed by atoms with Crippen molar-refractivity contribution in [2.75, 3.05) is 13.6 Å². The summed E-state index contributed by atoms with van der Waals surface area (Å²) in [5.74, 6) is 0.475. The first-order chi connectivity index (χ1) is 8.22. The molecule has 90 valence electrons. The van der Waals surface area contributed by atoms with Crippen LogP contribution in [0, 0.1) is 6.92 Å². The number of hydrogen-bond donors (Lipinski definition) is 1. The Labute approximate surface area is 107 Å². The van der Waals surface area contributed by atoms with E-state index in [1.807, 2.05) is 7.05 Å². The predicted octanol–water partition coefficient (Wildman–Crippen LogP) is 3.44. The molecule has 17 heavy (non-hydrogen) atoms. The lowest BCUT2D eigenvalue weighted by molar-refractivity contribution is 0.674. The maximum absolute atomic E-state index is 4.74. The Bertz CT molecular complexity index is 490. The van der Waals surface area contributed by atoms with Crippen LogP contribution in [0.4, 0.5) is 0 Å². The van der Waals surface area contributed by atoms with Crippen LogP contribution >= 0.6 is 11.3 Å². The molecular formula is C14H18N2S. The van der Waals surface area contributed by atoms with Gasteiger partial charge in [-0.05, 0) is 19.5 Å². The van der Waals surface area contributed by atoms with Crippen LogP contribution in [0.2, 0.25) is 0 Å². The van der Waals surface area contributed by atoms with E-state index in [2.05, 4.69) is 48.8 Å². The number of nitrogens with one attached hydrogen (secondary N) is 1. The van der Waals surface area contributed by atoms with Crippen molar-refractivity contribution in [3.05, 3.63) is 40.2 Å². The maximum Gasteiger partial charge on any atom is 0.0973 e.